The van der Waals surface area contributed by atoms with E-state index in [9.17, 15) is 9.59 Å². The fourth-order valence-electron chi connectivity index (χ4n) is 3.43. The van der Waals surface area contributed by atoms with Crippen molar-refractivity contribution < 1.29 is 23.8 Å². The van der Waals surface area contributed by atoms with Gasteiger partial charge in [0.1, 0.15) is 12.4 Å². The Balaban J connectivity index is 1.41. The van der Waals surface area contributed by atoms with Crippen LogP contribution in [0.4, 0.5) is 0 Å². The highest BCUT2D eigenvalue weighted by Gasteiger charge is 2.14. The van der Waals surface area contributed by atoms with Gasteiger partial charge in [0.25, 0.3) is 5.91 Å². The smallest absolute Gasteiger partial charge is 0.343 e. The van der Waals surface area contributed by atoms with Crippen LogP contribution in [0.25, 0.3) is 0 Å². The number of carbonyl (C=O) groups is 2. The van der Waals surface area contributed by atoms with Crippen molar-refractivity contribution in [2.24, 2.45) is 5.10 Å². The highest BCUT2D eigenvalue weighted by Crippen LogP contribution is 2.29. The number of hydrogen-bond acceptors (Lipinski definition) is 6. The first-order valence-corrected chi connectivity index (χ1v) is 11.8. The van der Waals surface area contributed by atoms with Crippen molar-refractivity contribution in [3.05, 3.63) is 125 Å². The summed E-state index contributed by atoms with van der Waals surface area (Å²) in [5.74, 6) is 0.257. The molecule has 4 aromatic carbocycles. The van der Waals surface area contributed by atoms with Crippen LogP contribution < -0.4 is 19.6 Å². The SMILES string of the molecule is CCOc1cc(/C=N/NC(=O)c2ccccc2OCc2ccccc2)ccc1OC(=O)c1ccccc1. The number of nitrogens with one attached hydrogen (secondary N) is 1. The molecule has 7 nitrogen and oxygen atoms in total. The summed E-state index contributed by atoms with van der Waals surface area (Å²) in [4.78, 5) is 25.2. The molecule has 7 heteroatoms. The zero-order valence-corrected chi connectivity index (χ0v) is 20.3. The number of rotatable bonds is 10. The number of benzene rings is 4. The summed E-state index contributed by atoms with van der Waals surface area (Å²) in [7, 11) is 0. The molecule has 37 heavy (non-hydrogen) atoms. The van der Waals surface area contributed by atoms with Crippen molar-refractivity contribution >= 4 is 18.1 Å². The van der Waals surface area contributed by atoms with E-state index in [1.54, 1.807) is 60.7 Å². The number of para-hydroxylation sites is 1. The second-order valence-electron chi connectivity index (χ2n) is 7.86. The van der Waals surface area contributed by atoms with E-state index in [4.69, 9.17) is 14.2 Å². The van der Waals surface area contributed by atoms with Crippen LogP contribution in [0.5, 0.6) is 17.2 Å². The number of hydrogen-bond donors (Lipinski definition) is 1. The molecular formula is C30H26N2O5. The first-order valence-electron chi connectivity index (χ1n) is 11.8. The largest absolute Gasteiger partial charge is 0.490 e. The minimum atomic E-state index is -0.483. The summed E-state index contributed by atoms with van der Waals surface area (Å²) in [6.07, 6.45) is 1.48. The highest BCUT2D eigenvalue weighted by molar-refractivity contribution is 5.97. The van der Waals surface area contributed by atoms with E-state index >= 15 is 0 Å². The Hall–Kier alpha value is -4.91. The lowest BCUT2D eigenvalue weighted by molar-refractivity contribution is 0.0728. The number of hydrazone groups is 1. The summed E-state index contributed by atoms with van der Waals surface area (Å²) >= 11 is 0. The van der Waals surface area contributed by atoms with Gasteiger partial charge in [-0.15, -0.1) is 0 Å². The van der Waals surface area contributed by atoms with Gasteiger partial charge in [0.05, 0.1) is 23.9 Å². The quantitative estimate of drug-likeness (QED) is 0.133. The zero-order valence-electron chi connectivity index (χ0n) is 20.3. The van der Waals surface area contributed by atoms with Crippen LogP contribution in [-0.4, -0.2) is 24.7 Å². The molecule has 0 atom stereocenters. The van der Waals surface area contributed by atoms with Crippen LogP contribution in [0.1, 0.15) is 38.8 Å². The molecule has 0 heterocycles. The minimum absolute atomic E-state index is 0.293. The van der Waals surface area contributed by atoms with Crippen LogP contribution in [0.3, 0.4) is 0 Å². The Labute approximate surface area is 215 Å². The normalized spacial score (nSPS) is 10.6. The van der Waals surface area contributed by atoms with E-state index in [1.165, 1.54) is 6.21 Å². The molecule has 0 fully saturated rings. The molecule has 186 valence electrons. The van der Waals surface area contributed by atoms with Crippen molar-refractivity contribution in [2.75, 3.05) is 6.61 Å². The van der Waals surface area contributed by atoms with Crippen molar-refractivity contribution in [1.82, 2.24) is 5.43 Å². The molecule has 0 aromatic heterocycles. The van der Waals surface area contributed by atoms with Crippen molar-refractivity contribution in [1.29, 1.82) is 0 Å². The fraction of sp³-hybridized carbons (Fsp3) is 0.100. The van der Waals surface area contributed by atoms with Gasteiger partial charge in [0.15, 0.2) is 11.5 Å². The van der Waals surface area contributed by atoms with E-state index in [0.29, 0.717) is 47.2 Å². The van der Waals surface area contributed by atoms with Gasteiger partial charge in [-0.2, -0.15) is 5.10 Å². The summed E-state index contributed by atoms with van der Waals surface area (Å²) in [5.41, 5.74) is 4.98. The first-order chi connectivity index (χ1) is 18.1. The molecule has 1 amide bonds. The second-order valence-corrected chi connectivity index (χ2v) is 7.86. The lowest BCUT2D eigenvalue weighted by Crippen LogP contribution is -2.18. The van der Waals surface area contributed by atoms with Crippen LogP contribution in [0, 0.1) is 0 Å². The Morgan fingerprint density at radius 2 is 1.49 bits per heavy atom. The topological polar surface area (TPSA) is 86.2 Å². The van der Waals surface area contributed by atoms with Gasteiger partial charge in [-0.1, -0.05) is 60.7 Å². The maximum Gasteiger partial charge on any atom is 0.343 e. The molecular weight excluding hydrogens is 468 g/mol. The van der Waals surface area contributed by atoms with Crippen LogP contribution in [0.15, 0.2) is 108 Å². The summed E-state index contributed by atoms with van der Waals surface area (Å²) in [6, 6.07) is 30.4. The maximum atomic E-state index is 12.8. The van der Waals surface area contributed by atoms with E-state index in [-0.39, 0.29) is 0 Å². The van der Waals surface area contributed by atoms with Crippen molar-refractivity contribution in [3.8, 4) is 17.2 Å². The molecule has 4 aromatic rings. The molecule has 0 saturated heterocycles. The van der Waals surface area contributed by atoms with Gasteiger partial charge in [0, 0.05) is 0 Å². The zero-order chi connectivity index (χ0) is 25.9. The molecule has 1 N–H and O–H groups in total. The van der Waals surface area contributed by atoms with Crippen LogP contribution in [0.2, 0.25) is 0 Å². The molecule has 0 spiro atoms. The Kier molecular flexibility index (Phi) is 8.64. The molecule has 0 aliphatic carbocycles. The van der Waals surface area contributed by atoms with Gasteiger partial charge in [-0.05, 0) is 60.5 Å². The second kappa shape index (κ2) is 12.7. The number of esters is 1. The lowest BCUT2D eigenvalue weighted by atomic mass is 10.2. The van der Waals surface area contributed by atoms with Gasteiger partial charge < -0.3 is 14.2 Å². The predicted molar refractivity (Wildman–Crippen MR) is 141 cm³/mol. The molecule has 4 rings (SSSR count). The Morgan fingerprint density at radius 1 is 0.784 bits per heavy atom. The fourth-order valence-corrected chi connectivity index (χ4v) is 3.43. The van der Waals surface area contributed by atoms with Crippen molar-refractivity contribution in [3.63, 3.8) is 0 Å². The predicted octanol–water partition coefficient (Wildman–Crippen LogP) is 5.65. The van der Waals surface area contributed by atoms with E-state index in [2.05, 4.69) is 10.5 Å². The van der Waals surface area contributed by atoms with Crippen LogP contribution >= 0.6 is 0 Å². The maximum absolute atomic E-state index is 12.8. The summed E-state index contributed by atoms with van der Waals surface area (Å²) < 4.78 is 17.0. The van der Waals surface area contributed by atoms with Crippen molar-refractivity contribution in [2.45, 2.75) is 13.5 Å². The number of amides is 1. The van der Waals surface area contributed by atoms with E-state index in [1.807, 2.05) is 49.4 Å². The third-order valence-electron chi connectivity index (χ3n) is 5.23. The van der Waals surface area contributed by atoms with Gasteiger partial charge in [-0.3, -0.25) is 4.79 Å². The van der Waals surface area contributed by atoms with E-state index in [0.717, 1.165) is 5.56 Å². The number of carbonyl (C=O) groups excluding carboxylic acids is 2. The van der Waals surface area contributed by atoms with Gasteiger partial charge in [0.2, 0.25) is 0 Å². The molecule has 0 saturated carbocycles. The van der Waals surface area contributed by atoms with E-state index < -0.39 is 11.9 Å². The lowest BCUT2D eigenvalue weighted by Gasteiger charge is -2.11. The third kappa shape index (κ3) is 7.05. The molecule has 0 aliphatic heterocycles. The molecule has 0 bridgehead atoms. The minimum Gasteiger partial charge on any atom is -0.490 e. The van der Waals surface area contributed by atoms with Crippen LogP contribution in [-0.2, 0) is 6.61 Å². The average Bonchev–Trinajstić information content (AvgIpc) is 2.94. The third-order valence-corrected chi connectivity index (χ3v) is 5.23. The Morgan fingerprint density at radius 3 is 2.24 bits per heavy atom. The summed E-state index contributed by atoms with van der Waals surface area (Å²) in [6.45, 7) is 2.56. The highest BCUT2D eigenvalue weighted by atomic mass is 16.6. The molecule has 0 aliphatic rings. The molecule has 0 unspecified atom stereocenters. The monoisotopic (exact) mass is 494 g/mol. The number of nitrogens with zero attached hydrogens (tertiary/aromatic N) is 1. The molecule has 0 radical (unpaired) electrons. The standard InChI is InChI=1S/C30H26N2O5/c1-2-35-28-19-23(17-18-27(28)37-30(34)24-13-7-4-8-14-24)20-31-32-29(33)25-15-9-10-16-26(25)36-21-22-11-5-3-6-12-22/h3-20H,2,21H2,1H3,(H,32,33)/b31-20+. The number of ether oxygens (including phenoxy) is 3. The average molecular weight is 495 g/mol. The van der Waals surface area contributed by atoms with Gasteiger partial charge >= 0.3 is 5.97 Å². The Bertz CT molecular complexity index is 1370. The van der Waals surface area contributed by atoms with Gasteiger partial charge in [-0.25, -0.2) is 10.2 Å². The first kappa shape index (κ1) is 25.2. The summed E-state index contributed by atoms with van der Waals surface area (Å²) in [5, 5.41) is 4.07.